The van der Waals surface area contributed by atoms with Gasteiger partial charge >= 0.3 is 0 Å². The van der Waals surface area contributed by atoms with Crippen molar-refractivity contribution >= 4 is 23.2 Å². The van der Waals surface area contributed by atoms with E-state index in [9.17, 15) is 4.79 Å². The molecule has 0 saturated heterocycles. The predicted molar refractivity (Wildman–Crippen MR) is 68.8 cm³/mol. The lowest BCUT2D eigenvalue weighted by Crippen LogP contribution is -2.08. The molecule has 0 bridgehead atoms. The fourth-order valence-electron chi connectivity index (χ4n) is 1.15. The van der Waals surface area contributed by atoms with Crippen molar-refractivity contribution in [2.24, 2.45) is 0 Å². The van der Waals surface area contributed by atoms with Crippen molar-refractivity contribution in [2.75, 3.05) is 5.32 Å². The molecule has 1 rings (SSSR count). The zero-order valence-electron chi connectivity index (χ0n) is 9.33. The van der Waals surface area contributed by atoms with E-state index in [1.807, 2.05) is 32.1 Å². The lowest BCUT2D eigenvalue weighted by molar-refractivity contribution is -0.111. The van der Waals surface area contributed by atoms with Crippen LogP contribution in [0.4, 0.5) is 5.69 Å². The van der Waals surface area contributed by atoms with Gasteiger partial charge in [0.25, 0.3) is 0 Å². The summed E-state index contributed by atoms with van der Waals surface area (Å²) in [5.74, 6) is -0.191. The number of halogens is 1. The van der Waals surface area contributed by atoms with Gasteiger partial charge in [-0.05, 0) is 31.5 Å². The van der Waals surface area contributed by atoms with Gasteiger partial charge in [0.15, 0.2) is 0 Å². The van der Waals surface area contributed by atoms with Crippen LogP contribution in [0.25, 0.3) is 0 Å². The first-order valence-corrected chi connectivity index (χ1v) is 5.38. The number of anilines is 1. The van der Waals surface area contributed by atoms with Crippen LogP contribution >= 0.6 is 11.6 Å². The molecule has 0 atom stereocenters. The summed E-state index contributed by atoms with van der Waals surface area (Å²) in [7, 11) is 0. The molecule has 0 fully saturated rings. The number of hydrogen-bond acceptors (Lipinski definition) is 1. The molecule has 0 aliphatic carbocycles. The quantitative estimate of drug-likeness (QED) is 0.628. The van der Waals surface area contributed by atoms with E-state index >= 15 is 0 Å². The van der Waals surface area contributed by atoms with Crippen LogP contribution in [-0.4, -0.2) is 5.91 Å². The summed E-state index contributed by atoms with van der Waals surface area (Å²) in [4.78, 5) is 11.4. The first-order chi connectivity index (χ1) is 7.63. The van der Waals surface area contributed by atoms with Gasteiger partial charge in [-0.25, -0.2) is 0 Å². The number of carbonyl (C=O) groups is 1. The van der Waals surface area contributed by atoms with Gasteiger partial charge in [0.2, 0.25) is 5.91 Å². The van der Waals surface area contributed by atoms with Gasteiger partial charge in [-0.1, -0.05) is 35.9 Å². The standard InChI is InChI=1S/C13H14ClNO/c1-3-4-5-6-13(16)15-12-8-7-10(2)9-11(12)14/h3-9H,1-2H3,(H,15,16)/b4-3+,6-5+. The number of aryl methyl sites for hydroxylation is 1. The average Bonchev–Trinajstić information content (AvgIpc) is 2.23. The third-order valence-electron chi connectivity index (χ3n) is 1.93. The molecule has 0 heterocycles. The topological polar surface area (TPSA) is 29.1 Å². The fraction of sp³-hybridized carbons (Fsp3) is 0.154. The van der Waals surface area contributed by atoms with Crippen LogP contribution in [0.5, 0.6) is 0 Å². The number of benzene rings is 1. The van der Waals surface area contributed by atoms with Crippen molar-refractivity contribution in [1.82, 2.24) is 0 Å². The Balaban J connectivity index is 2.70. The van der Waals surface area contributed by atoms with Crippen LogP contribution in [-0.2, 0) is 4.79 Å². The Kier molecular flexibility index (Phi) is 4.80. The lowest BCUT2D eigenvalue weighted by Gasteiger charge is -2.05. The van der Waals surface area contributed by atoms with Gasteiger partial charge in [0.05, 0.1) is 10.7 Å². The third-order valence-corrected chi connectivity index (χ3v) is 2.25. The highest BCUT2D eigenvalue weighted by Gasteiger charge is 2.02. The van der Waals surface area contributed by atoms with Crippen molar-refractivity contribution in [1.29, 1.82) is 0 Å². The van der Waals surface area contributed by atoms with E-state index in [0.29, 0.717) is 10.7 Å². The molecule has 1 N–H and O–H groups in total. The average molecular weight is 236 g/mol. The highest BCUT2D eigenvalue weighted by molar-refractivity contribution is 6.33. The molecule has 1 aromatic rings. The highest BCUT2D eigenvalue weighted by atomic mass is 35.5. The number of carbonyl (C=O) groups excluding carboxylic acids is 1. The van der Waals surface area contributed by atoms with E-state index in [-0.39, 0.29) is 5.91 Å². The fourth-order valence-corrected chi connectivity index (χ4v) is 1.43. The van der Waals surface area contributed by atoms with Crippen LogP contribution in [0.2, 0.25) is 5.02 Å². The monoisotopic (exact) mass is 235 g/mol. The number of allylic oxidation sites excluding steroid dienone is 3. The summed E-state index contributed by atoms with van der Waals surface area (Å²) < 4.78 is 0. The minimum atomic E-state index is -0.191. The van der Waals surface area contributed by atoms with Gasteiger partial charge < -0.3 is 5.32 Å². The van der Waals surface area contributed by atoms with Crippen LogP contribution in [0.1, 0.15) is 12.5 Å². The maximum atomic E-state index is 11.4. The summed E-state index contributed by atoms with van der Waals surface area (Å²) in [5, 5.41) is 3.25. The Labute approximate surface area is 101 Å². The summed E-state index contributed by atoms with van der Waals surface area (Å²) >= 11 is 5.98. The Morgan fingerprint density at radius 1 is 1.38 bits per heavy atom. The van der Waals surface area contributed by atoms with E-state index in [1.165, 1.54) is 6.08 Å². The number of rotatable bonds is 3. The molecule has 0 aromatic heterocycles. The van der Waals surface area contributed by atoms with E-state index in [1.54, 1.807) is 18.2 Å². The molecule has 84 valence electrons. The third kappa shape index (κ3) is 3.91. The Bertz CT molecular complexity index is 436. The van der Waals surface area contributed by atoms with E-state index in [0.717, 1.165) is 5.56 Å². The van der Waals surface area contributed by atoms with Crippen LogP contribution in [0, 0.1) is 6.92 Å². The van der Waals surface area contributed by atoms with E-state index < -0.39 is 0 Å². The van der Waals surface area contributed by atoms with Crippen LogP contribution in [0.3, 0.4) is 0 Å². The second-order valence-electron chi connectivity index (χ2n) is 3.36. The molecule has 0 unspecified atom stereocenters. The van der Waals surface area contributed by atoms with Crippen molar-refractivity contribution in [3.63, 3.8) is 0 Å². The smallest absolute Gasteiger partial charge is 0.248 e. The molecule has 0 saturated carbocycles. The minimum absolute atomic E-state index is 0.191. The summed E-state index contributed by atoms with van der Waals surface area (Å²) in [6.45, 7) is 3.84. The lowest BCUT2D eigenvalue weighted by atomic mass is 10.2. The summed E-state index contributed by atoms with van der Waals surface area (Å²) in [6.07, 6.45) is 6.77. The Morgan fingerprint density at radius 3 is 2.75 bits per heavy atom. The van der Waals surface area contributed by atoms with E-state index in [4.69, 9.17) is 11.6 Å². The van der Waals surface area contributed by atoms with Crippen LogP contribution < -0.4 is 5.32 Å². The molecule has 0 aliphatic rings. The number of amides is 1. The molecule has 16 heavy (non-hydrogen) atoms. The molecule has 0 radical (unpaired) electrons. The largest absolute Gasteiger partial charge is 0.321 e. The SMILES string of the molecule is C/C=C/C=C/C(=O)Nc1ccc(C)cc1Cl. The first kappa shape index (κ1) is 12.5. The Morgan fingerprint density at radius 2 is 2.12 bits per heavy atom. The van der Waals surface area contributed by atoms with Gasteiger partial charge in [-0.2, -0.15) is 0 Å². The zero-order chi connectivity index (χ0) is 12.0. The van der Waals surface area contributed by atoms with Crippen molar-refractivity contribution < 1.29 is 4.79 Å². The molecule has 2 nitrogen and oxygen atoms in total. The van der Waals surface area contributed by atoms with Crippen molar-refractivity contribution in [3.05, 3.63) is 53.1 Å². The van der Waals surface area contributed by atoms with E-state index in [2.05, 4.69) is 5.32 Å². The summed E-state index contributed by atoms with van der Waals surface area (Å²) in [5.41, 5.74) is 1.69. The molecule has 0 aliphatic heterocycles. The highest BCUT2D eigenvalue weighted by Crippen LogP contribution is 2.22. The second kappa shape index (κ2) is 6.13. The molecular weight excluding hydrogens is 222 g/mol. The van der Waals surface area contributed by atoms with Crippen molar-refractivity contribution in [3.8, 4) is 0 Å². The predicted octanol–water partition coefficient (Wildman–Crippen LogP) is 3.72. The molecule has 1 amide bonds. The number of nitrogens with one attached hydrogen (secondary N) is 1. The molecule has 3 heteroatoms. The zero-order valence-corrected chi connectivity index (χ0v) is 10.1. The van der Waals surface area contributed by atoms with Crippen LogP contribution in [0.15, 0.2) is 42.5 Å². The minimum Gasteiger partial charge on any atom is -0.321 e. The number of hydrogen-bond donors (Lipinski definition) is 1. The van der Waals surface area contributed by atoms with Gasteiger partial charge in [0.1, 0.15) is 0 Å². The molecular formula is C13H14ClNO. The van der Waals surface area contributed by atoms with Crippen molar-refractivity contribution in [2.45, 2.75) is 13.8 Å². The van der Waals surface area contributed by atoms with Gasteiger partial charge in [0, 0.05) is 6.08 Å². The maximum Gasteiger partial charge on any atom is 0.248 e. The molecule has 0 spiro atoms. The van der Waals surface area contributed by atoms with Gasteiger partial charge in [-0.3, -0.25) is 4.79 Å². The normalized spacial score (nSPS) is 11.2. The Hall–Kier alpha value is -1.54. The maximum absolute atomic E-state index is 11.4. The second-order valence-corrected chi connectivity index (χ2v) is 3.76. The first-order valence-electron chi connectivity index (χ1n) is 5.00. The summed E-state index contributed by atoms with van der Waals surface area (Å²) in [6, 6.07) is 5.50. The molecule has 1 aromatic carbocycles. The van der Waals surface area contributed by atoms with Gasteiger partial charge in [-0.15, -0.1) is 0 Å².